The molecule has 5 nitrogen and oxygen atoms in total. The molecule has 2 fully saturated rings. The molecule has 0 aliphatic carbocycles. The summed E-state index contributed by atoms with van der Waals surface area (Å²) in [5, 5.41) is 4.28. The number of nitrogens with zero attached hydrogens (tertiary/aromatic N) is 4. The van der Waals surface area contributed by atoms with Crippen molar-refractivity contribution in [1.29, 1.82) is 0 Å². The SMILES string of the molecule is CC(=O)N1CCC(CN2CC(n3cccn3)C2)C1. The Labute approximate surface area is 107 Å². The van der Waals surface area contributed by atoms with E-state index in [2.05, 4.69) is 10.00 Å². The van der Waals surface area contributed by atoms with Crippen LogP contribution in [0.25, 0.3) is 0 Å². The standard InChI is InChI=1S/C13H20N4O/c1-11(18)16-6-3-12(8-16)7-15-9-13(10-15)17-5-2-4-14-17/h2,4-5,12-13H,3,6-10H2,1H3. The minimum absolute atomic E-state index is 0.218. The lowest BCUT2D eigenvalue weighted by molar-refractivity contribution is -0.127. The van der Waals surface area contributed by atoms with Gasteiger partial charge in [0, 0.05) is 52.0 Å². The van der Waals surface area contributed by atoms with E-state index >= 15 is 0 Å². The van der Waals surface area contributed by atoms with Crippen molar-refractivity contribution in [2.45, 2.75) is 19.4 Å². The van der Waals surface area contributed by atoms with Gasteiger partial charge >= 0.3 is 0 Å². The number of carbonyl (C=O) groups is 1. The number of aromatic nitrogens is 2. The predicted molar refractivity (Wildman–Crippen MR) is 68.1 cm³/mol. The fourth-order valence-corrected chi connectivity index (χ4v) is 2.99. The van der Waals surface area contributed by atoms with Crippen molar-refractivity contribution in [3.8, 4) is 0 Å². The number of hydrogen-bond acceptors (Lipinski definition) is 3. The van der Waals surface area contributed by atoms with E-state index in [0.29, 0.717) is 12.0 Å². The second kappa shape index (κ2) is 4.72. The molecule has 2 saturated heterocycles. The highest BCUT2D eigenvalue weighted by molar-refractivity contribution is 5.73. The topological polar surface area (TPSA) is 41.4 Å². The molecule has 1 aromatic heterocycles. The van der Waals surface area contributed by atoms with Crippen LogP contribution in [0.4, 0.5) is 0 Å². The van der Waals surface area contributed by atoms with Crippen LogP contribution in [0.3, 0.4) is 0 Å². The molecule has 98 valence electrons. The molecule has 5 heteroatoms. The van der Waals surface area contributed by atoms with E-state index in [4.69, 9.17) is 0 Å². The maximum Gasteiger partial charge on any atom is 0.219 e. The van der Waals surface area contributed by atoms with Gasteiger partial charge in [-0.1, -0.05) is 0 Å². The van der Waals surface area contributed by atoms with Crippen LogP contribution < -0.4 is 0 Å². The molecule has 3 rings (SSSR count). The molecule has 3 heterocycles. The van der Waals surface area contributed by atoms with E-state index in [9.17, 15) is 4.79 Å². The lowest BCUT2D eigenvalue weighted by Crippen LogP contribution is -2.49. The summed E-state index contributed by atoms with van der Waals surface area (Å²) in [7, 11) is 0. The summed E-state index contributed by atoms with van der Waals surface area (Å²) in [6.07, 6.45) is 5.03. The van der Waals surface area contributed by atoms with E-state index in [1.807, 2.05) is 28.0 Å². The molecule has 0 radical (unpaired) electrons. The van der Waals surface area contributed by atoms with Gasteiger partial charge in [-0.25, -0.2) is 0 Å². The summed E-state index contributed by atoms with van der Waals surface area (Å²) in [5.41, 5.74) is 0. The Morgan fingerprint density at radius 3 is 2.83 bits per heavy atom. The number of rotatable bonds is 3. The highest BCUT2D eigenvalue weighted by Crippen LogP contribution is 2.24. The average Bonchev–Trinajstić information content (AvgIpc) is 2.94. The first-order valence-electron chi connectivity index (χ1n) is 6.69. The van der Waals surface area contributed by atoms with Gasteiger partial charge in [-0.15, -0.1) is 0 Å². The van der Waals surface area contributed by atoms with Crippen molar-refractivity contribution in [2.24, 2.45) is 5.92 Å². The molecular weight excluding hydrogens is 228 g/mol. The molecule has 2 aliphatic rings. The number of hydrogen-bond donors (Lipinski definition) is 0. The Hall–Kier alpha value is -1.36. The van der Waals surface area contributed by atoms with Crippen molar-refractivity contribution in [2.75, 3.05) is 32.7 Å². The van der Waals surface area contributed by atoms with Crippen molar-refractivity contribution in [1.82, 2.24) is 19.6 Å². The van der Waals surface area contributed by atoms with Crippen LogP contribution >= 0.6 is 0 Å². The van der Waals surface area contributed by atoms with Crippen LogP contribution in [0.5, 0.6) is 0 Å². The zero-order chi connectivity index (χ0) is 12.5. The van der Waals surface area contributed by atoms with Gasteiger partial charge in [0.1, 0.15) is 0 Å². The summed E-state index contributed by atoms with van der Waals surface area (Å²) in [6, 6.07) is 2.52. The first-order chi connectivity index (χ1) is 8.72. The van der Waals surface area contributed by atoms with Gasteiger partial charge in [-0.05, 0) is 18.4 Å². The summed E-state index contributed by atoms with van der Waals surface area (Å²) in [5.74, 6) is 0.878. The van der Waals surface area contributed by atoms with Gasteiger partial charge in [-0.2, -0.15) is 5.10 Å². The van der Waals surface area contributed by atoms with Crippen LogP contribution in [0.1, 0.15) is 19.4 Å². The zero-order valence-corrected chi connectivity index (χ0v) is 10.8. The summed E-state index contributed by atoms with van der Waals surface area (Å²) >= 11 is 0. The largest absolute Gasteiger partial charge is 0.343 e. The van der Waals surface area contributed by atoms with E-state index in [0.717, 1.165) is 39.1 Å². The quantitative estimate of drug-likeness (QED) is 0.787. The molecule has 1 aromatic rings. The van der Waals surface area contributed by atoms with Gasteiger partial charge in [0.15, 0.2) is 0 Å². The van der Waals surface area contributed by atoms with E-state index in [1.54, 1.807) is 6.92 Å². The first-order valence-corrected chi connectivity index (χ1v) is 6.69. The van der Waals surface area contributed by atoms with E-state index in [-0.39, 0.29) is 5.91 Å². The molecule has 1 amide bonds. The first kappa shape index (κ1) is 11.7. The fourth-order valence-electron chi connectivity index (χ4n) is 2.99. The number of carbonyl (C=O) groups excluding carboxylic acids is 1. The van der Waals surface area contributed by atoms with E-state index < -0.39 is 0 Å². The van der Waals surface area contributed by atoms with Gasteiger partial charge in [-0.3, -0.25) is 14.4 Å². The van der Waals surface area contributed by atoms with Crippen LogP contribution in [-0.4, -0.2) is 58.2 Å². The monoisotopic (exact) mass is 248 g/mol. The third-order valence-corrected chi connectivity index (χ3v) is 4.08. The lowest BCUT2D eigenvalue weighted by Gasteiger charge is -2.40. The Kier molecular flexibility index (Phi) is 3.07. The molecule has 1 unspecified atom stereocenters. The van der Waals surface area contributed by atoms with Crippen LogP contribution in [-0.2, 0) is 4.79 Å². The second-order valence-corrected chi connectivity index (χ2v) is 5.48. The lowest BCUT2D eigenvalue weighted by atomic mass is 10.0. The molecule has 0 saturated carbocycles. The molecule has 1 atom stereocenters. The van der Waals surface area contributed by atoms with Crippen molar-refractivity contribution in [3.63, 3.8) is 0 Å². The normalized spacial score (nSPS) is 25.4. The maximum absolute atomic E-state index is 11.3. The van der Waals surface area contributed by atoms with Crippen molar-refractivity contribution < 1.29 is 4.79 Å². The minimum atomic E-state index is 0.218. The molecular formula is C13H20N4O. The van der Waals surface area contributed by atoms with Gasteiger partial charge in [0.25, 0.3) is 0 Å². The molecule has 2 aliphatic heterocycles. The Morgan fingerprint density at radius 1 is 1.39 bits per heavy atom. The van der Waals surface area contributed by atoms with Gasteiger partial charge in [0.05, 0.1) is 6.04 Å². The maximum atomic E-state index is 11.3. The predicted octanol–water partition coefficient (Wildman–Crippen LogP) is 0.608. The highest BCUT2D eigenvalue weighted by atomic mass is 16.2. The third kappa shape index (κ3) is 2.27. The van der Waals surface area contributed by atoms with Crippen LogP contribution in [0.2, 0.25) is 0 Å². The highest BCUT2D eigenvalue weighted by Gasteiger charge is 2.32. The Bertz CT molecular complexity index is 411. The summed E-state index contributed by atoms with van der Waals surface area (Å²) in [4.78, 5) is 15.7. The fraction of sp³-hybridized carbons (Fsp3) is 0.692. The van der Waals surface area contributed by atoms with Gasteiger partial charge in [0.2, 0.25) is 5.91 Å². The molecule has 0 bridgehead atoms. The Morgan fingerprint density at radius 2 is 2.22 bits per heavy atom. The second-order valence-electron chi connectivity index (χ2n) is 5.48. The molecule has 0 N–H and O–H groups in total. The third-order valence-electron chi connectivity index (χ3n) is 4.08. The minimum Gasteiger partial charge on any atom is -0.343 e. The van der Waals surface area contributed by atoms with Gasteiger partial charge < -0.3 is 4.90 Å². The Balaban J connectivity index is 1.43. The number of likely N-dealkylation sites (tertiary alicyclic amines) is 2. The average molecular weight is 248 g/mol. The summed E-state index contributed by atoms with van der Waals surface area (Å²) < 4.78 is 2.05. The number of amides is 1. The van der Waals surface area contributed by atoms with Crippen LogP contribution in [0.15, 0.2) is 18.5 Å². The van der Waals surface area contributed by atoms with Crippen molar-refractivity contribution in [3.05, 3.63) is 18.5 Å². The zero-order valence-electron chi connectivity index (χ0n) is 10.8. The smallest absolute Gasteiger partial charge is 0.219 e. The van der Waals surface area contributed by atoms with E-state index in [1.165, 1.54) is 0 Å². The summed E-state index contributed by atoms with van der Waals surface area (Å²) in [6.45, 7) is 6.87. The molecule has 18 heavy (non-hydrogen) atoms. The molecule has 0 aromatic carbocycles. The molecule has 0 spiro atoms. The van der Waals surface area contributed by atoms with Crippen LogP contribution in [0, 0.1) is 5.92 Å². The van der Waals surface area contributed by atoms with Crippen molar-refractivity contribution >= 4 is 5.91 Å².